The van der Waals surface area contributed by atoms with Crippen LogP contribution in [-0.4, -0.2) is 40.8 Å². The van der Waals surface area contributed by atoms with Gasteiger partial charge in [0.1, 0.15) is 5.75 Å². The number of aliphatic hydroxyl groups excluding tert-OH is 1. The van der Waals surface area contributed by atoms with E-state index >= 15 is 0 Å². The molecule has 0 saturated carbocycles. The number of carboxylic acids is 1. The molecule has 2 aromatic carbocycles. The highest BCUT2D eigenvalue weighted by molar-refractivity contribution is 6.30. The number of hydrogen-bond donors (Lipinski definition) is 3. The van der Waals surface area contributed by atoms with Crippen LogP contribution in [0, 0.1) is 0 Å². The van der Waals surface area contributed by atoms with E-state index in [1.165, 1.54) is 0 Å². The Labute approximate surface area is 198 Å². The first-order chi connectivity index (χ1) is 15.7. The van der Waals surface area contributed by atoms with Crippen LogP contribution in [0.5, 0.6) is 5.75 Å². The highest BCUT2D eigenvalue weighted by atomic mass is 35.5. The number of carbonyl (C=O) groups excluding carboxylic acids is 1. The lowest BCUT2D eigenvalue weighted by molar-refractivity contribution is -0.139. The predicted molar refractivity (Wildman–Crippen MR) is 124 cm³/mol. The van der Waals surface area contributed by atoms with E-state index in [4.69, 9.17) is 26.2 Å². The van der Waals surface area contributed by atoms with Gasteiger partial charge in [-0.2, -0.15) is 0 Å². The van der Waals surface area contributed by atoms with E-state index in [1.807, 2.05) is 38.1 Å². The van der Waals surface area contributed by atoms with Crippen LogP contribution in [0.1, 0.15) is 62.0 Å². The summed E-state index contributed by atoms with van der Waals surface area (Å²) in [6.45, 7) is 3.31. The third kappa shape index (κ3) is 6.69. The van der Waals surface area contributed by atoms with Crippen molar-refractivity contribution >= 4 is 23.5 Å². The Morgan fingerprint density at radius 1 is 1.18 bits per heavy atom. The largest absolute Gasteiger partial charge is 0.482 e. The van der Waals surface area contributed by atoms with Gasteiger partial charge in [-0.3, -0.25) is 4.79 Å². The zero-order chi connectivity index (χ0) is 24.0. The molecule has 0 unspecified atom stereocenters. The van der Waals surface area contributed by atoms with E-state index < -0.39 is 24.2 Å². The number of carbonyl (C=O) groups is 2. The number of benzene rings is 2. The van der Waals surface area contributed by atoms with Crippen LogP contribution in [0.3, 0.4) is 0 Å². The normalized spacial score (nSPS) is 22.5. The SMILES string of the molecule is CCc1ccc(OCC(=O)O)c([C@H]2C[C@@](C)(NC(=O)CCO)C[C@@H](c3ccc(Cl)cc3)O2)c1. The standard InChI is InChI=1S/C25H30ClNO6/c1-3-16-4-9-20(32-15-24(30)31)19(12-16)22-14-25(2,27-23(29)10-11-28)13-21(33-22)17-5-7-18(26)8-6-17/h4-9,12,21-22,28H,3,10-11,13-15H2,1-2H3,(H,27,29)(H,30,31)/t21-,22+,25-/m0/s1. The van der Waals surface area contributed by atoms with Crippen LogP contribution < -0.4 is 10.1 Å². The minimum Gasteiger partial charge on any atom is -0.482 e. The maximum atomic E-state index is 12.4. The molecule has 33 heavy (non-hydrogen) atoms. The second kappa shape index (κ2) is 11.0. The lowest BCUT2D eigenvalue weighted by Gasteiger charge is -2.43. The summed E-state index contributed by atoms with van der Waals surface area (Å²) in [4.78, 5) is 23.5. The molecule has 1 aliphatic heterocycles. The highest BCUT2D eigenvalue weighted by Crippen LogP contribution is 2.46. The van der Waals surface area contributed by atoms with Crippen molar-refractivity contribution in [3.63, 3.8) is 0 Å². The Bertz CT molecular complexity index is 979. The van der Waals surface area contributed by atoms with Gasteiger partial charge in [0.05, 0.1) is 18.8 Å². The van der Waals surface area contributed by atoms with Gasteiger partial charge in [-0.05, 0) is 48.7 Å². The van der Waals surface area contributed by atoms with E-state index in [-0.39, 0.29) is 25.0 Å². The number of rotatable bonds is 9. The van der Waals surface area contributed by atoms with Gasteiger partial charge in [0.2, 0.25) is 5.91 Å². The Hall–Kier alpha value is -2.61. The lowest BCUT2D eigenvalue weighted by Crippen LogP contribution is -2.51. The average Bonchev–Trinajstić information content (AvgIpc) is 2.77. The zero-order valence-electron chi connectivity index (χ0n) is 18.8. The molecule has 3 rings (SSSR count). The van der Waals surface area contributed by atoms with E-state index in [2.05, 4.69) is 5.32 Å². The summed E-state index contributed by atoms with van der Waals surface area (Å²) in [7, 11) is 0. The molecule has 3 N–H and O–H groups in total. The number of aryl methyl sites for hydroxylation is 1. The van der Waals surface area contributed by atoms with Gasteiger partial charge >= 0.3 is 5.97 Å². The molecule has 0 radical (unpaired) electrons. The molecule has 1 saturated heterocycles. The zero-order valence-corrected chi connectivity index (χ0v) is 19.6. The molecular formula is C25H30ClNO6. The van der Waals surface area contributed by atoms with Gasteiger partial charge < -0.3 is 25.0 Å². The number of amides is 1. The minimum atomic E-state index is -1.06. The summed E-state index contributed by atoms with van der Waals surface area (Å²) < 4.78 is 12.1. The van der Waals surface area contributed by atoms with Crippen molar-refractivity contribution in [2.75, 3.05) is 13.2 Å². The summed E-state index contributed by atoms with van der Waals surface area (Å²) in [5, 5.41) is 21.9. The van der Waals surface area contributed by atoms with Gasteiger partial charge in [0, 0.05) is 35.4 Å². The smallest absolute Gasteiger partial charge is 0.341 e. The molecule has 1 heterocycles. The maximum Gasteiger partial charge on any atom is 0.341 e. The summed E-state index contributed by atoms with van der Waals surface area (Å²) >= 11 is 6.06. The summed E-state index contributed by atoms with van der Waals surface area (Å²) in [6, 6.07) is 13.0. The fourth-order valence-electron chi connectivity index (χ4n) is 4.20. The molecule has 0 aromatic heterocycles. The van der Waals surface area contributed by atoms with Crippen molar-refractivity contribution in [1.82, 2.24) is 5.32 Å². The molecule has 2 aromatic rings. The molecule has 1 fully saturated rings. The van der Waals surface area contributed by atoms with Crippen LogP contribution in [0.15, 0.2) is 42.5 Å². The molecule has 0 aliphatic carbocycles. The molecule has 1 amide bonds. The summed E-state index contributed by atoms with van der Waals surface area (Å²) in [5.74, 6) is -0.856. The van der Waals surface area contributed by atoms with Gasteiger partial charge in [0.25, 0.3) is 0 Å². The Kier molecular flexibility index (Phi) is 8.35. The van der Waals surface area contributed by atoms with Crippen molar-refractivity contribution in [3.8, 4) is 5.75 Å². The van der Waals surface area contributed by atoms with Crippen molar-refractivity contribution < 1.29 is 29.3 Å². The topological polar surface area (TPSA) is 105 Å². The first-order valence-electron chi connectivity index (χ1n) is 11.0. The molecule has 8 heteroatoms. The van der Waals surface area contributed by atoms with Gasteiger partial charge in [-0.15, -0.1) is 0 Å². The predicted octanol–water partition coefficient (Wildman–Crippen LogP) is 4.22. The first-order valence-corrected chi connectivity index (χ1v) is 11.4. The molecule has 3 atom stereocenters. The second-order valence-corrected chi connectivity index (χ2v) is 9.00. The minimum absolute atomic E-state index is 0.0189. The summed E-state index contributed by atoms with van der Waals surface area (Å²) in [6.07, 6.45) is 1.02. The number of aliphatic hydroxyl groups is 1. The molecular weight excluding hydrogens is 446 g/mol. The van der Waals surface area contributed by atoms with Gasteiger partial charge in [0.15, 0.2) is 6.61 Å². The van der Waals surface area contributed by atoms with Crippen molar-refractivity contribution in [2.45, 2.75) is 57.3 Å². The van der Waals surface area contributed by atoms with E-state index in [0.717, 1.165) is 23.1 Å². The Morgan fingerprint density at radius 2 is 1.88 bits per heavy atom. The Balaban J connectivity index is 1.99. The van der Waals surface area contributed by atoms with Crippen LogP contribution in [0.25, 0.3) is 0 Å². The molecule has 178 valence electrons. The van der Waals surface area contributed by atoms with Crippen molar-refractivity contribution in [2.24, 2.45) is 0 Å². The van der Waals surface area contributed by atoms with Crippen LogP contribution in [-0.2, 0) is 20.7 Å². The van der Waals surface area contributed by atoms with Crippen LogP contribution in [0.2, 0.25) is 5.02 Å². The fraction of sp³-hybridized carbons (Fsp3) is 0.440. The van der Waals surface area contributed by atoms with Gasteiger partial charge in [-0.1, -0.05) is 36.7 Å². The molecule has 0 spiro atoms. The molecule has 1 aliphatic rings. The van der Waals surface area contributed by atoms with Gasteiger partial charge in [-0.25, -0.2) is 4.79 Å². The number of halogens is 1. The number of ether oxygens (including phenoxy) is 2. The number of aliphatic carboxylic acids is 1. The van der Waals surface area contributed by atoms with E-state index in [9.17, 15) is 14.7 Å². The van der Waals surface area contributed by atoms with E-state index in [1.54, 1.807) is 18.2 Å². The summed E-state index contributed by atoms with van der Waals surface area (Å²) in [5.41, 5.74) is 2.12. The second-order valence-electron chi connectivity index (χ2n) is 8.56. The van der Waals surface area contributed by atoms with Crippen LogP contribution >= 0.6 is 11.6 Å². The molecule has 0 bridgehead atoms. The third-order valence-electron chi connectivity index (χ3n) is 5.80. The van der Waals surface area contributed by atoms with E-state index in [0.29, 0.717) is 23.6 Å². The average molecular weight is 476 g/mol. The fourth-order valence-corrected chi connectivity index (χ4v) is 4.32. The number of carboxylic acid groups (broad SMARTS) is 1. The number of hydrogen-bond acceptors (Lipinski definition) is 5. The lowest BCUT2D eigenvalue weighted by atomic mass is 9.81. The molecule has 7 nitrogen and oxygen atoms in total. The number of nitrogens with one attached hydrogen (secondary N) is 1. The highest BCUT2D eigenvalue weighted by Gasteiger charge is 2.41. The monoisotopic (exact) mass is 475 g/mol. The van der Waals surface area contributed by atoms with Crippen LogP contribution in [0.4, 0.5) is 0 Å². The quantitative estimate of drug-likeness (QED) is 0.501. The Morgan fingerprint density at radius 3 is 2.52 bits per heavy atom. The third-order valence-corrected chi connectivity index (χ3v) is 6.05. The first kappa shape index (κ1) is 25.0. The van der Waals surface area contributed by atoms with Crippen molar-refractivity contribution in [3.05, 3.63) is 64.2 Å². The van der Waals surface area contributed by atoms with Crippen molar-refractivity contribution in [1.29, 1.82) is 0 Å². The maximum absolute atomic E-state index is 12.4.